The van der Waals surface area contributed by atoms with Crippen LogP contribution in [0.1, 0.15) is 67.3 Å². The highest BCUT2D eigenvalue weighted by molar-refractivity contribution is 5.96. The molecule has 0 unspecified atom stereocenters. The van der Waals surface area contributed by atoms with Gasteiger partial charge >= 0.3 is 5.97 Å². The number of pyridine rings is 1. The van der Waals surface area contributed by atoms with Crippen LogP contribution in [0.5, 0.6) is 5.88 Å². The molecule has 2 N–H and O–H groups in total. The number of aliphatic carboxylic acids is 1. The minimum atomic E-state index is -0.788. The number of amides is 1. The fourth-order valence-electron chi connectivity index (χ4n) is 5.00. The number of piperidine rings is 1. The predicted octanol–water partition coefficient (Wildman–Crippen LogP) is 4.60. The SMILES string of the molecule is O=C(O)C[C@@H]1CCCN(c2ccc(C(=O)NC3CCCCC3)c(OCCc3ccc(F)cc3)n2)C1. The first-order valence-electron chi connectivity index (χ1n) is 12.6. The quantitative estimate of drug-likeness (QED) is 0.542. The summed E-state index contributed by atoms with van der Waals surface area (Å²) in [6, 6.07) is 10.0. The minimum Gasteiger partial charge on any atom is -0.481 e. The van der Waals surface area contributed by atoms with Gasteiger partial charge in [-0.3, -0.25) is 9.59 Å². The van der Waals surface area contributed by atoms with Gasteiger partial charge in [0, 0.05) is 32.0 Å². The van der Waals surface area contributed by atoms with Crippen LogP contribution in [0.4, 0.5) is 10.2 Å². The molecule has 8 heteroatoms. The Bertz CT molecular complexity index is 1010. The second-order valence-electron chi connectivity index (χ2n) is 9.61. The number of anilines is 1. The highest BCUT2D eigenvalue weighted by Crippen LogP contribution is 2.28. The molecule has 1 saturated carbocycles. The van der Waals surface area contributed by atoms with Crippen molar-refractivity contribution in [3.8, 4) is 5.88 Å². The monoisotopic (exact) mass is 483 g/mol. The molecule has 2 heterocycles. The molecule has 0 radical (unpaired) electrons. The standard InChI is InChI=1S/C27H34FN3O4/c28-21-10-8-19(9-11-21)14-16-35-27-23(26(34)29-22-6-2-1-3-7-22)12-13-24(30-27)31-15-4-5-20(18-31)17-25(32)33/h8-13,20,22H,1-7,14-18H2,(H,29,34)(H,32,33)/t20-/m0/s1. The maximum absolute atomic E-state index is 13.2. The van der Waals surface area contributed by atoms with Gasteiger partial charge in [-0.25, -0.2) is 4.39 Å². The fourth-order valence-corrected chi connectivity index (χ4v) is 5.00. The highest BCUT2D eigenvalue weighted by Gasteiger charge is 2.25. The number of halogens is 1. The van der Waals surface area contributed by atoms with Crippen LogP contribution in [-0.4, -0.2) is 47.7 Å². The van der Waals surface area contributed by atoms with Crippen molar-refractivity contribution in [1.29, 1.82) is 0 Å². The van der Waals surface area contributed by atoms with E-state index in [0.717, 1.165) is 50.6 Å². The summed E-state index contributed by atoms with van der Waals surface area (Å²) in [4.78, 5) is 31.1. The third-order valence-corrected chi connectivity index (χ3v) is 6.88. The van der Waals surface area contributed by atoms with Crippen LogP contribution in [0.2, 0.25) is 0 Å². The smallest absolute Gasteiger partial charge is 0.303 e. The Hall–Kier alpha value is -3.16. The van der Waals surface area contributed by atoms with Crippen LogP contribution < -0.4 is 15.0 Å². The zero-order chi connectivity index (χ0) is 24.6. The number of nitrogens with one attached hydrogen (secondary N) is 1. The molecule has 1 aromatic heterocycles. The van der Waals surface area contributed by atoms with Crippen LogP contribution in [0.25, 0.3) is 0 Å². The van der Waals surface area contributed by atoms with Gasteiger partial charge in [-0.15, -0.1) is 0 Å². The van der Waals surface area contributed by atoms with E-state index in [0.29, 0.717) is 31.0 Å². The van der Waals surface area contributed by atoms with Gasteiger partial charge in [0.15, 0.2) is 0 Å². The van der Waals surface area contributed by atoms with Crippen molar-refractivity contribution in [2.75, 3.05) is 24.6 Å². The Morgan fingerprint density at radius 2 is 1.83 bits per heavy atom. The topological polar surface area (TPSA) is 91.8 Å². The number of carboxylic acids is 1. The van der Waals surface area contributed by atoms with Gasteiger partial charge in [-0.1, -0.05) is 31.4 Å². The third kappa shape index (κ3) is 7.16. The van der Waals surface area contributed by atoms with E-state index in [1.165, 1.54) is 18.6 Å². The summed E-state index contributed by atoms with van der Waals surface area (Å²) in [5.41, 5.74) is 1.33. The maximum atomic E-state index is 13.2. The molecule has 2 fully saturated rings. The lowest BCUT2D eigenvalue weighted by Crippen LogP contribution is -2.38. The summed E-state index contributed by atoms with van der Waals surface area (Å²) in [6.45, 7) is 1.70. The number of ether oxygens (including phenoxy) is 1. The van der Waals surface area contributed by atoms with Gasteiger partial charge < -0.3 is 20.1 Å². The molecule has 1 aliphatic carbocycles. The van der Waals surface area contributed by atoms with E-state index < -0.39 is 5.97 Å². The first-order chi connectivity index (χ1) is 17.0. The summed E-state index contributed by atoms with van der Waals surface area (Å²) >= 11 is 0. The van der Waals surface area contributed by atoms with Gasteiger partial charge in [0.2, 0.25) is 5.88 Å². The van der Waals surface area contributed by atoms with Gasteiger partial charge in [0.25, 0.3) is 5.91 Å². The van der Waals surface area contributed by atoms with Gasteiger partial charge in [0.1, 0.15) is 17.2 Å². The number of hydrogen-bond donors (Lipinski definition) is 2. The van der Waals surface area contributed by atoms with Crippen molar-refractivity contribution in [2.45, 2.75) is 63.8 Å². The molecule has 35 heavy (non-hydrogen) atoms. The normalized spacial score (nSPS) is 18.8. The van der Waals surface area contributed by atoms with Crippen molar-refractivity contribution >= 4 is 17.7 Å². The molecule has 2 aromatic rings. The van der Waals surface area contributed by atoms with E-state index in [1.54, 1.807) is 18.2 Å². The van der Waals surface area contributed by atoms with E-state index in [1.807, 2.05) is 6.07 Å². The second-order valence-corrected chi connectivity index (χ2v) is 9.61. The molecule has 1 aliphatic heterocycles. The number of aromatic nitrogens is 1. The lowest BCUT2D eigenvalue weighted by Gasteiger charge is -2.33. The molecule has 0 spiro atoms. The van der Waals surface area contributed by atoms with Crippen molar-refractivity contribution in [3.05, 3.63) is 53.3 Å². The Morgan fingerprint density at radius 3 is 2.57 bits per heavy atom. The van der Waals surface area contributed by atoms with Crippen LogP contribution in [0, 0.1) is 11.7 Å². The zero-order valence-corrected chi connectivity index (χ0v) is 20.0. The van der Waals surface area contributed by atoms with E-state index in [9.17, 15) is 19.1 Å². The lowest BCUT2D eigenvalue weighted by atomic mass is 9.95. The van der Waals surface area contributed by atoms with Crippen LogP contribution in [0.15, 0.2) is 36.4 Å². The summed E-state index contributed by atoms with van der Waals surface area (Å²) in [7, 11) is 0. The second kappa shape index (κ2) is 12.0. The van der Waals surface area contributed by atoms with Gasteiger partial charge in [0.05, 0.1) is 6.61 Å². The lowest BCUT2D eigenvalue weighted by molar-refractivity contribution is -0.138. The first kappa shape index (κ1) is 24.9. The Morgan fingerprint density at radius 1 is 1.06 bits per heavy atom. The molecular weight excluding hydrogens is 449 g/mol. The molecule has 2 aliphatic rings. The number of carbonyl (C=O) groups excluding carboxylic acids is 1. The molecule has 0 bridgehead atoms. The Balaban J connectivity index is 1.49. The summed E-state index contributed by atoms with van der Waals surface area (Å²) in [6.07, 6.45) is 7.88. The number of rotatable bonds is 9. The average Bonchev–Trinajstić information content (AvgIpc) is 2.85. The molecule has 4 rings (SSSR count). The number of hydrogen-bond acceptors (Lipinski definition) is 5. The molecule has 188 valence electrons. The van der Waals surface area contributed by atoms with E-state index >= 15 is 0 Å². The van der Waals surface area contributed by atoms with Crippen LogP contribution >= 0.6 is 0 Å². The number of benzene rings is 1. The van der Waals surface area contributed by atoms with Crippen molar-refractivity contribution in [2.24, 2.45) is 5.92 Å². The largest absolute Gasteiger partial charge is 0.481 e. The van der Waals surface area contributed by atoms with E-state index in [4.69, 9.17) is 9.72 Å². The van der Waals surface area contributed by atoms with Crippen LogP contribution in [-0.2, 0) is 11.2 Å². The van der Waals surface area contributed by atoms with Crippen LogP contribution in [0.3, 0.4) is 0 Å². The van der Waals surface area contributed by atoms with Gasteiger partial charge in [-0.05, 0) is 61.4 Å². The number of nitrogens with zero attached hydrogens (tertiary/aromatic N) is 2. The molecule has 1 saturated heterocycles. The zero-order valence-electron chi connectivity index (χ0n) is 20.0. The first-order valence-corrected chi connectivity index (χ1v) is 12.6. The minimum absolute atomic E-state index is 0.0696. The fraction of sp³-hybridized carbons (Fsp3) is 0.519. The van der Waals surface area contributed by atoms with E-state index in [2.05, 4.69) is 10.2 Å². The maximum Gasteiger partial charge on any atom is 0.303 e. The molecule has 7 nitrogen and oxygen atoms in total. The third-order valence-electron chi connectivity index (χ3n) is 6.88. The number of carboxylic acid groups (broad SMARTS) is 1. The Kier molecular flexibility index (Phi) is 8.55. The molecule has 1 amide bonds. The van der Waals surface area contributed by atoms with Crippen molar-refractivity contribution in [1.82, 2.24) is 10.3 Å². The summed E-state index contributed by atoms with van der Waals surface area (Å²) < 4.78 is 19.2. The van der Waals surface area contributed by atoms with Crippen molar-refractivity contribution < 1.29 is 23.8 Å². The van der Waals surface area contributed by atoms with E-state index in [-0.39, 0.29) is 36.0 Å². The molecule has 1 aromatic carbocycles. The predicted molar refractivity (Wildman–Crippen MR) is 131 cm³/mol. The molecule has 1 atom stereocenters. The average molecular weight is 484 g/mol. The number of carbonyl (C=O) groups is 2. The van der Waals surface area contributed by atoms with Crippen molar-refractivity contribution in [3.63, 3.8) is 0 Å². The summed E-state index contributed by atoms with van der Waals surface area (Å²) in [5, 5.41) is 12.3. The van der Waals surface area contributed by atoms with Gasteiger partial charge in [-0.2, -0.15) is 4.98 Å². The molecular formula is C27H34FN3O4. The highest BCUT2D eigenvalue weighted by atomic mass is 19.1. The summed E-state index contributed by atoms with van der Waals surface area (Å²) in [5.74, 6) is -0.225. The Labute approximate surface area is 205 Å².